The summed E-state index contributed by atoms with van der Waals surface area (Å²) in [5.74, 6) is 6.50. The van der Waals surface area contributed by atoms with Gasteiger partial charge in [-0.3, -0.25) is 0 Å². The molecule has 1 aromatic heterocycles. The molecule has 0 aliphatic carbocycles. The summed E-state index contributed by atoms with van der Waals surface area (Å²) in [5.41, 5.74) is 5.35. The highest BCUT2D eigenvalue weighted by atomic mass is 32.1. The highest BCUT2D eigenvalue weighted by Gasteiger charge is 2.12. The van der Waals surface area contributed by atoms with Crippen molar-refractivity contribution in [3.8, 4) is 11.8 Å². The Morgan fingerprint density at radius 2 is 1.74 bits per heavy atom. The van der Waals surface area contributed by atoms with Crippen molar-refractivity contribution in [1.29, 1.82) is 0 Å². The second-order valence-corrected chi connectivity index (χ2v) is 7.06. The summed E-state index contributed by atoms with van der Waals surface area (Å²) >= 11 is 4.62. The van der Waals surface area contributed by atoms with E-state index in [4.69, 9.17) is 0 Å². The number of isothiocyanates is 1. The van der Waals surface area contributed by atoms with Crippen LogP contribution in [0.1, 0.15) is 29.5 Å². The molecule has 1 N–H and O–H groups in total. The standard InChI is InChI=1S/C23H21N3S/c27-17-25-21-8-5-18(6-9-21)3-4-19-7-10-23-22(15-19)20(16-24-23)11-14-26-12-1-2-13-26/h5-10,15-16,24H,1-2,11-14H2. The molecule has 0 spiro atoms. The van der Waals surface area contributed by atoms with Crippen LogP contribution in [0.4, 0.5) is 5.69 Å². The third-order valence-corrected chi connectivity index (χ3v) is 5.15. The molecule has 0 unspecified atom stereocenters. The van der Waals surface area contributed by atoms with Crippen molar-refractivity contribution in [2.24, 2.45) is 4.99 Å². The van der Waals surface area contributed by atoms with Crippen LogP contribution in [0.3, 0.4) is 0 Å². The van der Waals surface area contributed by atoms with Gasteiger partial charge >= 0.3 is 0 Å². The molecule has 1 aliphatic heterocycles. The fourth-order valence-electron chi connectivity index (χ4n) is 3.56. The lowest BCUT2D eigenvalue weighted by molar-refractivity contribution is 0.344. The molecule has 4 heteroatoms. The van der Waals surface area contributed by atoms with Crippen LogP contribution in [0.15, 0.2) is 53.7 Å². The Morgan fingerprint density at radius 1 is 1.00 bits per heavy atom. The molecule has 0 bridgehead atoms. The highest BCUT2D eigenvalue weighted by Crippen LogP contribution is 2.21. The molecule has 2 heterocycles. The first-order valence-electron chi connectivity index (χ1n) is 9.34. The first kappa shape index (κ1) is 17.7. The van der Waals surface area contributed by atoms with Crippen LogP contribution in [0.2, 0.25) is 0 Å². The van der Waals surface area contributed by atoms with Gasteiger partial charge in [-0.25, -0.2) is 0 Å². The molecule has 27 heavy (non-hydrogen) atoms. The van der Waals surface area contributed by atoms with E-state index in [-0.39, 0.29) is 0 Å². The maximum Gasteiger partial charge on any atom is 0.0740 e. The number of H-pyrrole nitrogens is 1. The number of hydrogen-bond donors (Lipinski definition) is 1. The number of rotatable bonds is 4. The highest BCUT2D eigenvalue weighted by molar-refractivity contribution is 7.78. The molecule has 3 aromatic rings. The van der Waals surface area contributed by atoms with Crippen molar-refractivity contribution in [2.75, 3.05) is 19.6 Å². The van der Waals surface area contributed by atoms with Gasteiger partial charge in [-0.1, -0.05) is 11.8 Å². The number of nitrogens with one attached hydrogen (secondary N) is 1. The normalized spacial score (nSPS) is 13.9. The molecule has 0 atom stereocenters. The Morgan fingerprint density at radius 3 is 2.52 bits per heavy atom. The van der Waals surface area contributed by atoms with Gasteiger partial charge in [0.25, 0.3) is 0 Å². The molecular formula is C23H21N3S. The fraction of sp³-hybridized carbons (Fsp3) is 0.261. The molecule has 0 saturated carbocycles. The second kappa shape index (κ2) is 8.33. The lowest BCUT2D eigenvalue weighted by Crippen LogP contribution is -2.21. The number of likely N-dealkylation sites (tertiary alicyclic amines) is 1. The summed E-state index contributed by atoms with van der Waals surface area (Å²) in [4.78, 5) is 9.91. The van der Waals surface area contributed by atoms with Crippen LogP contribution in [0.25, 0.3) is 10.9 Å². The van der Waals surface area contributed by atoms with Gasteiger partial charge in [-0.2, -0.15) is 4.99 Å². The number of aromatic nitrogens is 1. The fourth-order valence-corrected chi connectivity index (χ4v) is 3.67. The van der Waals surface area contributed by atoms with Crippen molar-refractivity contribution in [2.45, 2.75) is 19.3 Å². The number of benzene rings is 2. The monoisotopic (exact) mass is 371 g/mol. The van der Waals surface area contributed by atoms with Gasteiger partial charge in [0, 0.05) is 34.8 Å². The second-order valence-electron chi connectivity index (χ2n) is 6.87. The van der Waals surface area contributed by atoms with E-state index >= 15 is 0 Å². The maximum atomic E-state index is 4.62. The van der Waals surface area contributed by atoms with Crippen molar-refractivity contribution in [3.63, 3.8) is 0 Å². The van der Waals surface area contributed by atoms with Gasteiger partial charge in [0.2, 0.25) is 0 Å². The van der Waals surface area contributed by atoms with E-state index in [2.05, 4.69) is 68.5 Å². The van der Waals surface area contributed by atoms with Crippen molar-refractivity contribution in [1.82, 2.24) is 9.88 Å². The maximum absolute atomic E-state index is 4.62. The molecule has 4 rings (SSSR count). The number of thiocarbonyl (C=S) groups is 1. The van der Waals surface area contributed by atoms with Crippen LogP contribution >= 0.6 is 12.2 Å². The summed E-state index contributed by atoms with van der Waals surface area (Å²) < 4.78 is 0. The minimum absolute atomic E-state index is 0.798. The predicted molar refractivity (Wildman–Crippen MR) is 115 cm³/mol. The van der Waals surface area contributed by atoms with Gasteiger partial charge in [-0.15, -0.1) is 0 Å². The number of aliphatic imine (C=N–C) groups is 1. The molecule has 1 aliphatic rings. The molecule has 0 radical (unpaired) electrons. The van der Waals surface area contributed by atoms with Crippen molar-refractivity contribution < 1.29 is 0 Å². The third-order valence-electron chi connectivity index (χ3n) is 5.06. The lowest BCUT2D eigenvalue weighted by Gasteiger charge is -2.13. The van der Waals surface area contributed by atoms with Crippen molar-refractivity contribution in [3.05, 3.63) is 65.4 Å². The van der Waals surface area contributed by atoms with Gasteiger partial charge in [0.15, 0.2) is 0 Å². The average molecular weight is 372 g/mol. The quantitative estimate of drug-likeness (QED) is 0.400. The summed E-state index contributed by atoms with van der Waals surface area (Å²) in [6.45, 7) is 3.63. The van der Waals surface area contributed by atoms with Crippen LogP contribution in [0, 0.1) is 11.8 Å². The Balaban J connectivity index is 1.52. The van der Waals surface area contributed by atoms with E-state index in [9.17, 15) is 0 Å². The first-order chi connectivity index (χ1) is 13.3. The van der Waals surface area contributed by atoms with E-state index in [0.29, 0.717) is 0 Å². The number of aromatic amines is 1. The zero-order chi connectivity index (χ0) is 18.5. The van der Waals surface area contributed by atoms with Gasteiger partial charge in [-0.05, 0) is 92.6 Å². The van der Waals surface area contributed by atoms with Crippen LogP contribution < -0.4 is 0 Å². The van der Waals surface area contributed by atoms with Gasteiger partial charge in [0.1, 0.15) is 0 Å². The summed E-state index contributed by atoms with van der Waals surface area (Å²) in [6.07, 6.45) is 5.91. The van der Waals surface area contributed by atoms with E-state index in [1.165, 1.54) is 42.4 Å². The molecule has 0 amide bonds. The minimum Gasteiger partial charge on any atom is -0.361 e. The Kier molecular flexibility index (Phi) is 5.46. The lowest BCUT2D eigenvalue weighted by atomic mass is 10.1. The first-order valence-corrected chi connectivity index (χ1v) is 9.75. The van der Waals surface area contributed by atoms with Gasteiger partial charge in [0.05, 0.1) is 10.8 Å². The average Bonchev–Trinajstić information content (AvgIpc) is 3.35. The Bertz CT molecular complexity index is 1040. The Labute approximate surface area is 165 Å². The Hall–Kier alpha value is -2.70. The van der Waals surface area contributed by atoms with Crippen LogP contribution in [-0.4, -0.2) is 34.7 Å². The smallest absolute Gasteiger partial charge is 0.0740 e. The van der Waals surface area contributed by atoms with Crippen molar-refractivity contribution >= 4 is 34.0 Å². The zero-order valence-corrected chi connectivity index (χ0v) is 16.0. The van der Waals surface area contributed by atoms with E-state index in [0.717, 1.165) is 29.8 Å². The topological polar surface area (TPSA) is 31.4 Å². The molecule has 1 saturated heterocycles. The largest absolute Gasteiger partial charge is 0.361 e. The van der Waals surface area contributed by atoms with E-state index < -0.39 is 0 Å². The molecule has 3 nitrogen and oxygen atoms in total. The predicted octanol–water partition coefficient (Wildman–Crippen LogP) is 4.94. The SMILES string of the molecule is S=C=Nc1ccc(C#Cc2ccc3[nH]cc(CCN4CCCC4)c3c2)cc1. The van der Waals surface area contributed by atoms with E-state index in [1.807, 2.05) is 24.3 Å². The summed E-state index contributed by atoms with van der Waals surface area (Å²) in [6, 6.07) is 14.1. The zero-order valence-electron chi connectivity index (χ0n) is 15.2. The molecule has 1 fully saturated rings. The minimum atomic E-state index is 0.798. The number of nitrogens with zero attached hydrogens (tertiary/aromatic N) is 2. The third kappa shape index (κ3) is 4.35. The molecule has 2 aromatic carbocycles. The van der Waals surface area contributed by atoms with Crippen LogP contribution in [0.5, 0.6) is 0 Å². The van der Waals surface area contributed by atoms with Gasteiger partial charge < -0.3 is 9.88 Å². The number of fused-ring (bicyclic) bond motifs is 1. The number of hydrogen-bond acceptors (Lipinski definition) is 3. The summed E-state index contributed by atoms with van der Waals surface area (Å²) in [7, 11) is 0. The van der Waals surface area contributed by atoms with Crippen LogP contribution in [-0.2, 0) is 6.42 Å². The van der Waals surface area contributed by atoms with E-state index in [1.54, 1.807) is 0 Å². The summed E-state index contributed by atoms with van der Waals surface area (Å²) in [5, 5.41) is 3.66. The molecule has 134 valence electrons. The molecular weight excluding hydrogens is 350 g/mol.